The molecule has 1 rings (SSSR count). The molecular weight excluding hydrogens is 286 g/mol. The Morgan fingerprint density at radius 3 is 2.90 bits per heavy atom. The van der Waals surface area contributed by atoms with Crippen LogP contribution in [0.15, 0.2) is 12.3 Å². The van der Waals surface area contributed by atoms with Gasteiger partial charge in [0.15, 0.2) is 0 Å². The number of hydrogen-bond donors (Lipinski definition) is 1. The highest BCUT2D eigenvalue weighted by molar-refractivity contribution is 6.32. The van der Waals surface area contributed by atoms with Gasteiger partial charge in [-0.2, -0.15) is 0 Å². The molecule has 0 saturated heterocycles. The van der Waals surface area contributed by atoms with E-state index in [1.165, 1.54) is 12.3 Å². The number of carbonyl (C=O) groups excluding carboxylic acids is 1. The molecule has 0 bridgehead atoms. The Bertz CT molecular complexity index is 482. The number of hydrogen-bond acceptors (Lipinski definition) is 5. The molecule has 0 aliphatic carbocycles. The van der Waals surface area contributed by atoms with Crippen molar-refractivity contribution in [2.45, 2.75) is 19.3 Å². The molecule has 8 heteroatoms. The Morgan fingerprint density at radius 1 is 1.50 bits per heavy atom. The summed E-state index contributed by atoms with van der Waals surface area (Å²) in [6, 6.07) is 1.28. The summed E-state index contributed by atoms with van der Waals surface area (Å²) in [6.45, 7) is 1.12. The number of pyridine rings is 1. The van der Waals surface area contributed by atoms with Gasteiger partial charge in [0.2, 0.25) is 5.15 Å². The van der Waals surface area contributed by atoms with E-state index >= 15 is 0 Å². The van der Waals surface area contributed by atoms with Crippen LogP contribution in [0.5, 0.6) is 0 Å². The zero-order valence-electron chi connectivity index (χ0n) is 11.1. The summed E-state index contributed by atoms with van der Waals surface area (Å²) in [5.41, 5.74) is -0.544. The lowest BCUT2D eigenvalue weighted by Crippen LogP contribution is -2.25. The number of carbonyl (C=O) groups is 1. The summed E-state index contributed by atoms with van der Waals surface area (Å²) < 4.78 is 4.91. The third-order valence-electron chi connectivity index (χ3n) is 2.62. The van der Waals surface area contributed by atoms with Gasteiger partial charge in [0.1, 0.15) is 5.56 Å². The monoisotopic (exact) mass is 301 g/mol. The quantitative estimate of drug-likeness (QED) is 0.344. The van der Waals surface area contributed by atoms with Gasteiger partial charge in [-0.15, -0.1) is 0 Å². The number of methoxy groups -OCH3 is 1. The van der Waals surface area contributed by atoms with Crippen molar-refractivity contribution in [2.24, 2.45) is 0 Å². The lowest BCUT2D eigenvalue weighted by atomic mass is 10.2. The van der Waals surface area contributed by atoms with Gasteiger partial charge < -0.3 is 10.1 Å². The summed E-state index contributed by atoms with van der Waals surface area (Å²) in [4.78, 5) is 25.7. The second-order valence-corrected chi connectivity index (χ2v) is 4.42. The van der Waals surface area contributed by atoms with Gasteiger partial charge >= 0.3 is 5.69 Å². The molecule has 1 aromatic heterocycles. The van der Waals surface area contributed by atoms with Crippen LogP contribution in [0.1, 0.15) is 29.6 Å². The van der Waals surface area contributed by atoms with E-state index in [-0.39, 0.29) is 10.7 Å². The molecule has 0 aromatic carbocycles. The molecule has 0 atom stereocenters. The van der Waals surface area contributed by atoms with Crippen LogP contribution >= 0.6 is 11.6 Å². The molecule has 110 valence electrons. The summed E-state index contributed by atoms with van der Waals surface area (Å²) in [5.74, 6) is -0.521. The van der Waals surface area contributed by atoms with Crippen LogP contribution in [0.25, 0.3) is 0 Å². The van der Waals surface area contributed by atoms with E-state index in [2.05, 4.69) is 10.3 Å². The van der Waals surface area contributed by atoms with E-state index in [0.29, 0.717) is 13.2 Å². The maximum atomic E-state index is 11.9. The van der Waals surface area contributed by atoms with Crippen LogP contribution < -0.4 is 5.32 Å². The highest BCUT2D eigenvalue weighted by Crippen LogP contribution is 2.25. The second-order valence-electron chi connectivity index (χ2n) is 4.06. The Kier molecular flexibility index (Phi) is 6.89. The summed E-state index contributed by atoms with van der Waals surface area (Å²) >= 11 is 5.64. The van der Waals surface area contributed by atoms with Crippen LogP contribution in [0.2, 0.25) is 5.15 Å². The number of nitrogens with one attached hydrogen (secondary N) is 1. The molecule has 0 aliphatic rings. The Hall–Kier alpha value is -1.73. The molecular formula is C12H16ClN3O4. The van der Waals surface area contributed by atoms with Gasteiger partial charge in [0.05, 0.1) is 4.92 Å². The first kappa shape index (κ1) is 16.3. The lowest BCUT2D eigenvalue weighted by molar-refractivity contribution is -0.385. The number of rotatable bonds is 8. The SMILES string of the molecule is COCCCCCNC(=O)c1ccnc(Cl)c1[N+](=O)[O-]. The largest absolute Gasteiger partial charge is 0.385 e. The zero-order valence-corrected chi connectivity index (χ0v) is 11.9. The number of ether oxygens (including phenoxy) is 1. The number of unbranched alkanes of at least 4 members (excludes halogenated alkanes) is 2. The maximum absolute atomic E-state index is 11.9. The molecule has 1 heterocycles. The van der Waals surface area contributed by atoms with Crippen molar-refractivity contribution in [3.8, 4) is 0 Å². The molecule has 0 spiro atoms. The molecule has 7 nitrogen and oxygen atoms in total. The fraction of sp³-hybridized carbons (Fsp3) is 0.500. The van der Waals surface area contributed by atoms with Gasteiger partial charge in [-0.3, -0.25) is 14.9 Å². The molecule has 0 unspecified atom stereocenters. The first-order chi connectivity index (χ1) is 9.57. The average Bonchev–Trinajstić information content (AvgIpc) is 2.41. The van der Waals surface area contributed by atoms with Crippen molar-refractivity contribution in [3.63, 3.8) is 0 Å². The first-order valence-corrected chi connectivity index (χ1v) is 6.51. The van der Waals surface area contributed by atoms with Gasteiger partial charge in [-0.05, 0) is 25.3 Å². The predicted molar refractivity (Wildman–Crippen MR) is 74.0 cm³/mol. The molecule has 0 saturated carbocycles. The topological polar surface area (TPSA) is 94.4 Å². The van der Waals surface area contributed by atoms with Crippen molar-refractivity contribution in [2.75, 3.05) is 20.3 Å². The maximum Gasteiger partial charge on any atom is 0.319 e. The Balaban J connectivity index is 2.56. The summed E-state index contributed by atoms with van der Waals surface area (Å²) in [7, 11) is 1.63. The standard InChI is InChI=1S/C12H16ClN3O4/c1-20-8-4-2-3-6-15-12(17)9-5-7-14-11(13)10(9)16(18)19/h5,7H,2-4,6,8H2,1H3,(H,15,17). The minimum absolute atomic E-state index is 0.0770. The normalized spacial score (nSPS) is 10.3. The van der Waals surface area contributed by atoms with E-state index in [0.717, 1.165) is 19.3 Å². The Labute approximate surface area is 121 Å². The smallest absolute Gasteiger partial charge is 0.319 e. The third-order valence-corrected chi connectivity index (χ3v) is 2.89. The highest BCUT2D eigenvalue weighted by atomic mass is 35.5. The van der Waals surface area contributed by atoms with E-state index in [1.807, 2.05) is 0 Å². The molecule has 0 aliphatic heterocycles. The van der Waals surface area contributed by atoms with Gasteiger partial charge in [0.25, 0.3) is 5.91 Å². The van der Waals surface area contributed by atoms with Crippen molar-refractivity contribution in [1.82, 2.24) is 10.3 Å². The number of aromatic nitrogens is 1. The molecule has 20 heavy (non-hydrogen) atoms. The van der Waals surface area contributed by atoms with E-state index < -0.39 is 16.5 Å². The average molecular weight is 302 g/mol. The zero-order chi connectivity index (χ0) is 15.0. The van der Waals surface area contributed by atoms with Crippen molar-refractivity contribution in [3.05, 3.63) is 33.1 Å². The molecule has 1 N–H and O–H groups in total. The predicted octanol–water partition coefficient (Wildman–Crippen LogP) is 2.19. The molecule has 1 aromatic rings. The minimum Gasteiger partial charge on any atom is -0.385 e. The highest BCUT2D eigenvalue weighted by Gasteiger charge is 2.24. The van der Waals surface area contributed by atoms with Gasteiger partial charge in [-0.25, -0.2) is 4.98 Å². The summed E-state index contributed by atoms with van der Waals surface area (Å²) in [6.07, 6.45) is 3.87. The molecule has 1 amide bonds. The van der Waals surface area contributed by atoms with Crippen molar-refractivity contribution < 1.29 is 14.5 Å². The van der Waals surface area contributed by atoms with Gasteiger partial charge in [-0.1, -0.05) is 11.6 Å². The fourth-order valence-electron chi connectivity index (χ4n) is 1.63. The third kappa shape index (κ3) is 4.75. The number of halogens is 1. The van der Waals surface area contributed by atoms with Gasteiger partial charge in [0, 0.05) is 26.5 Å². The summed E-state index contributed by atoms with van der Waals surface area (Å²) in [5, 5.41) is 13.2. The van der Waals surface area contributed by atoms with Crippen LogP contribution in [0.3, 0.4) is 0 Å². The van der Waals surface area contributed by atoms with Crippen molar-refractivity contribution in [1.29, 1.82) is 0 Å². The Morgan fingerprint density at radius 2 is 2.25 bits per heavy atom. The molecule has 0 radical (unpaired) electrons. The number of nitro groups is 1. The van der Waals surface area contributed by atoms with E-state index in [4.69, 9.17) is 16.3 Å². The minimum atomic E-state index is -0.706. The second kappa shape index (κ2) is 8.44. The van der Waals surface area contributed by atoms with Crippen LogP contribution in [-0.2, 0) is 4.74 Å². The van der Waals surface area contributed by atoms with Crippen LogP contribution in [0.4, 0.5) is 5.69 Å². The van der Waals surface area contributed by atoms with Crippen molar-refractivity contribution >= 4 is 23.2 Å². The molecule has 0 fully saturated rings. The lowest BCUT2D eigenvalue weighted by Gasteiger charge is -2.06. The van der Waals surface area contributed by atoms with E-state index in [9.17, 15) is 14.9 Å². The number of nitrogens with zero attached hydrogens (tertiary/aromatic N) is 2. The van der Waals surface area contributed by atoms with E-state index in [1.54, 1.807) is 7.11 Å². The fourth-order valence-corrected chi connectivity index (χ4v) is 1.86. The first-order valence-electron chi connectivity index (χ1n) is 6.14. The number of amides is 1. The van der Waals surface area contributed by atoms with Crippen LogP contribution in [-0.4, -0.2) is 36.1 Å². The van der Waals surface area contributed by atoms with Crippen LogP contribution in [0, 0.1) is 10.1 Å².